The van der Waals surface area contributed by atoms with E-state index >= 15 is 0 Å². The summed E-state index contributed by atoms with van der Waals surface area (Å²) in [4.78, 5) is 2.90. The van der Waals surface area contributed by atoms with Crippen LogP contribution in [0.5, 0.6) is 0 Å². The molecule has 0 radical (unpaired) electrons. The monoisotopic (exact) mass is 951 g/mol. The minimum Gasteiger partial charge on any atom is -0.394 e. The fraction of sp³-hybridized carbons (Fsp3) is 0.357. The standard InChI is InChI=1S/C56H61N3O11/c57-59-58-31-32-61-40-49-50(63-35-43-21-9-2-10-22-43)52(65-37-45-25-13-4-14-26-45)53(66-38-46-27-15-5-16-28-46)55(68-49)70-56(41-62-34-42-19-7-1-8-20-42)54(67-39-47-29-17-6-18-30-47)51(48(33-60)69-56)64-36-44-23-11-3-12-24-44/h1-30,48-55,60H,31-41H2/t48-,49-,50-,51-,52+,53-,54+,55-,56+/m1/s1. The maximum atomic E-state index is 11.2. The molecule has 0 aromatic heterocycles. The van der Waals surface area contributed by atoms with Gasteiger partial charge in [0.05, 0.1) is 59.5 Å². The van der Waals surface area contributed by atoms with Crippen LogP contribution in [0.1, 0.15) is 33.4 Å². The predicted octanol–water partition coefficient (Wildman–Crippen LogP) is 9.29. The third-order valence-corrected chi connectivity index (χ3v) is 12.0. The van der Waals surface area contributed by atoms with Crippen LogP contribution in [0.3, 0.4) is 0 Å². The largest absolute Gasteiger partial charge is 0.394 e. The first-order valence-corrected chi connectivity index (χ1v) is 23.7. The summed E-state index contributed by atoms with van der Waals surface area (Å²) in [5.74, 6) is -1.79. The third-order valence-electron chi connectivity index (χ3n) is 12.0. The van der Waals surface area contributed by atoms with Crippen molar-refractivity contribution in [1.82, 2.24) is 0 Å². The smallest absolute Gasteiger partial charge is 0.224 e. The van der Waals surface area contributed by atoms with Crippen molar-refractivity contribution in [1.29, 1.82) is 0 Å². The molecule has 0 saturated carbocycles. The Hall–Kier alpha value is -5.81. The first kappa shape index (κ1) is 50.6. The first-order chi connectivity index (χ1) is 34.6. The van der Waals surface area contributed by atoms with Gasteiger partial charge in [0.1, 0.15) is 49.3 Å². The summed E-state index contributed by atoms with van der Waals surface area (Å²) in [7, 11) is 0. The van der Waals surface area contributed by atoms with Gasteiger partial charge in [-0.1, -0.05) is 187 Å². The normalized spacial score (nSPS) is 24.2. The molecule has 2 aliphatic rings. The van der Waals surface area contributed by atoms with Gasteiger partial charge in [0.15, 0.2) is 6.29 Å². The molecule has 9 atom stereocenters. The minimum absolute atomic E-state index is 0.00520. The molecule has 1 N–H and O–H groups in total. The van der Waals surface area contributed by atoms with E-state index in [2.05, 4.69) is 10.0 Å². The van der Waals surface area contributed by atoms with Gasteiger partial charge >= 0.3 is 0 Å². The third kappa shape index (κ3) is 14.4. The van der Waals surface area contributed by atoms with Gasteiger partial charge in [0.2, 0.25) is 5.79 Å². The SMILES string of the molecule is [N-]=[N+]=NCCOC[C@H]1O[C@H](O[C@]2(COCc3ccccc3)O[C@H](CO)[C@@H](OCc3ccccc3)[C@@H]2OCc2ccccc2)[C@H](OCc2ccccc2)[C@@H](OCc2ccccc2)[C@@H]1OCc1ccccc1. The Balaban J connectivity index is 1.21. The van der Waals surface area contributed by atoms with Crippen LogP contribution in [-0.4, -0.2) is 92.9 Å². The predicted molar refractivity (Wildman–Crippen MR) is 260 cm³/mol. The number of benzene rings is 6. The van der Waals surface area contributed by atoms with Crippen molar-refractivity contribution < 1.29 is 52.5 Å². The lowest BCUT2D eigenvalue weighted by molar-refractivity contribution is -0.398. The van der Waals surface area contributed by atoms with Crippen LogP contribution in [0.25, 0.3) is 10.4 Å². The van der Waals surface area contributed by atoms with Gasteiger partial charge in [-0.15, -0.1) is 0 Å². The van der Waals surface area contributed by atoms with E-state index in [0.717, 1.165) is 33.4 Å². The summed E-state index contributed by atoms with van der Waals surface area (Å²) in [6.07, 6.45) is -7.48. The van der Waals surface area contributed by atoms with Crippen LogP contribution < -0.4 is 0 Å². The maximum absolute atomic E-state index is 11.2. The molecule has 6 aromatic rings. The van der Waals surface area contributed by atoms with Gasteiger partial charge in [0, 0.05) is 11.5 Å². The highest BCUT2D eigenvalue weighted by Crippen LogP contribution is 2.42. The van der Waals surface area contributed by atoms with Crippen LogP contribution in [0.15, 0.2) is 187 Å². The fourth-order valence-electron chi connectivity index (χ4n) is 8.57. The molecule has 14 nitrogen and oxygen atoms in total. The Bertz CT molecular complexity index is 2430. The van der Waals surface area contributed by atoms with E-state index in [1.54, 1.807) is 0 Å². The molecule has 2 aliphatic heterocycles. The van der Waals surface area contributed by atoms with Crippen molar-refractivity contribution in [2.45, 2.75) is 94.4 Å². The van der Waals surface area contributed by atoms with Crippen LogP contribution >= 0.6 is 0 Å². The van der Waals surface area contributed by atoms with Crippen LogP contribution in [0.4, 0.5) is 0 Å². The van der Waals surface area contributed by atoms with E-state index in [1.807, 2.05) is 182 Å². The molecule has 0 bridgehead atoms. The number of hydrogen-bond acceptors (Lipinski definition) is 12. The second-order valence-corrected chi connectivity index (χ2v) is 17.1. The van der Waals surface area contributed by atoms with Crippen molar-refractivity contribution in [3.8, 4) is 0 Å². The molecule has 2 fully saturated rings. The number of aliphatic hydroxyl groups is 1. The highest BCUT2D eigenvalue weighted by Gasteiger charge is 2.61. The second kappa shape index (κ2) is 27.0. The van der Waals surface area contributed by atoms with Gasteiger partial charge in [-0.05, 0) is 38.9 Å². The van der Waals surface area contributed by atoms with Gasteiger partial charge in [-0.2, -0.15) is 0 Å². The average Bonchev–Trinajstić information content (AvgIpc) is 3.71. The Morgan fingerprint density at radius 3 is 1.36 bits per heavy atom. The molecular formula is C56H61N3O11. The van der Waals surface area contributed by atoms with E-state index in [0.29, 0.717) is 0 Å². The van der Waals surface area contributed by atoms with Crippen molar-refractivity contribution in [2.75, 3.05) is 33.0 Å². The molecule has 0 spiro atoms. The topological polar surface area (TPSA) is 161 Å². The lowest BCUT2D eigenvalue weighted by Crippen LogP contribution is -2.65. The zero-order valence-corrected chi connectivity index (χ0v) is 39.1. The number of hydrogen-bond donors (Lipinski definition) is 1. The lowest BCUT2D eigenvalue weighted by atomic mass is 9.97. The first-order valence-electron chi connectivity index (χ1n) is 23.7. The Morgan fingerprint density at radius 1 is 0.486 bits per heavy atom. The van der Waals surface area contributed by atoms with E-state index in [-0.39, 0.29) is 66.0 Å². The van der Waals surface area contributed by atoms with Crippen molar-refractivity contribution in [3.05, 3.63) is 226 Å². The molecule has 2 heterocycles. The molecular weight excluding hydrogens is 891 g/mol. The highest BCUT2D eigenvalue weighted by atomic mass is 16.8. The van der Waals surface area contributed by atoms with E-state index in [1.165, 1.54) is 0 Å². The summed E-state index contributed by atoms with van der Waals surface area (Å²) in [5, 5.41) is 14.8. The summed E-state index contributed by atoms with van der Waals surface area (Å²) in [6, 6.07) is 58.9. The number of rotatable bonds is 27. The highest BCUT2D eigenvalue weighted by molar-refractivity contribution is 5.18. The van der Waals surface area contributed by atoms with Crippen molar-refractivity contribution in [2.24, 2.45) is 5.11 Å². The molecule has 2 saturated heterocycles. The van der Waals surface area contributed by atoms with Gasteiger partial charge < -0.3 is 52.5 Å². The van der Waals surface area contributed by atoms with E-state index < -0.39 is 61.4 Å². The molecule has 366 valence electrons. The number of azide groups is 1. The Labute approximate surface area is 409 Å². The number of aliphatic hydroxyl groups excluding tert-OH is 1. The number of ether oxygens (including phenoxy) is 10. The number of nitrogens with zero attached hydrogens (tertiary/aromatic N) is 3. The molecule has 0 aliphatic carbocycles. The summed E-state index contributed by atoms with van der Waals surface area (Å²) in [6.45, 7) is 0.784. The van der Waals surface area contributed by atoms with Crippen LogP contribution in [0.2, 0.25) is 0 Å². The summed E-state index contributed by atoms with van der Waals surface area (Å²) >= 11 is 0. The summed E-state index contributed by atoms with van der Waals surface area (Å²) < 4.78 is 68.7. The minimum atomic E-state index is -1.79. The zero-order chi connectivity index (χ0) is 48.1. The maximum Gasteiger partial charge on any atom is 0.224 e. The lowest BCUT2D eigenvalue weighted by Gasteiger charge is -2.48. The van der Waals surface area contributed by atoms with Gasteiger partial charge in [0.25, 0.3) is 0 Å². The molecule has 6 aromatic carbocycles. The van der Waals surface area contributed by atoms with Crippen LogP contribution in [-0.2, 0) is 87.0 Å². The quantitative estimate of drug-likeness (QED) is 0.0227. The molecule has 70 heavy (non-hydrogen) atoms. The summed E-state index contributed by atoms with van der Waals surface area (Å²) in [5.41, 5.74) is 14.6. The molecule has 0 amide bonds. The second-order valence-electron chi connectivity index (χ2n) is 17.1. The molecule has 0 unspecified atom stereocenters. The molecule has 8 rings (SSSR count). The average molecular weight is 952 g/mol. The van der Waals surface area contributed by atoms with Gasteiger partial charge in [-0.25, -0.2) is 0 Å². The van der Waals surface area contributed by atoms with Crippen molar-refractivity contribution >= 4 is 0 Å². The van der Waals surface area contributed by atoms with Crippen LogP contribution in [0, 0.1) is 0 Å². The Morgan fingerprint density at radius 2 is 0.900 bits per heavy atom. The Kier molecular flexibility index (Phi) is 19.5. The van der Waals surface area contributed by atoms with E-state index in [4.69, 9.17) is 52.9 Å². The van der Waals surface area contributed by atoms with Gasteiger partial charge in [-0.3, -0.25) is 0 Å². The van der Waals surface area contributed by atoms with E-state index in [9.17, 15) is 5.11 Å². The van der Waals surface area contributed by atoms with Crippen molar-refractivity contribution in [3.63, 3.8) is 0 Å². The molecule has 14 heteroatoms. The zero-order valence-electron chi connectivity index (χ0n) is 39.1. The fourth-order valence-corrected chi connectivity index (χ4v) is 8.57.